The van der Waals surface area contributed by atoms with E-state index in [0.717, 1.165) is 18.5 Å². The van der Waals surface area contributed by atoms with Crippen LogP contribution < -0.4 is 5.32 Å². The van der Waals surface area contributed by atoms with Crippen molar-refractivity contribution in [2.75, 3.05) is 5.32 Å². The smallest absolute Gasteiger partial charge is 0.276 e. The van der Waals surface area contributed by atoms with E-state index in [2.05, 4.69) is 22.5 Å². The van der Waals surface area contributed by atoms with Crippen LogP contribution in [-0.4, -0.2) is 15.7 Å². The topological polar surface area (TPSA) is 46.9 Å². The van der Waals surface area contributed by atoms with Crippen molar-refractivity contribution in [3.05, 3.63) is 47.3 Å². The van der Waals surface area contributed by atoms with Gasteiger partial charge < -0.3 is 5.32 Å². The summed E-state index contributed by atoms with van der Waals surface area (Å²) in [7, 11) is 0. The molecular weight excluding hydrogens is 274 g/mol. The van der Waals surface area contributed by atoms with Gasteiger partial charge in [-0.2, -0.15) is 5.10 Å². The fourth-order valence-corrected chi connectivity index (χ4v) is 3.68. The van der Waals surface area contributed by atoms with Crippen molar-refractivity contribution in [3.8, 4) is 0 Å². The summed E-state index contributed by atoms with van der Waals surface area (Å²) in [5.41, 5.74) is 4.17. The second-order valence-corrected chi connectivity index (χ2v) is 6.41. The van der Waals surface area contributed by atoms with Gasteiger partial charge in [0.2, 0.25) is 0 Å². The number of fused-ring (bicyclic) bond motifs is 1. The van der Waals surface area contributed by atoms with Crippen molar-refractivity contribution < 1.29 is 4.79 Å². The lowest BCUT2D eigenvalue weighted by atomic mass is 10.1. The highest BCUT2D eigenvalue weighted by Crippen LogP contribution is 2.29. The van der Waals surface area contributed by atoms with Gasteiger partial charge in [-0.25, -0.2) is 0 Å². The summed E-state index contributed by atoms with van der Waals surface area (Å²) >= 11 is 0. The zero-order valence-electron chi connectivity index (χ0n) is 12.7. The number of amides is 1. The summed E-state index contributed by atoms with van der Waals surface area (Å²) in [4.78, 5) is 12.4. The molecule has 1 amide bonds. The van der Waals surface area contributed by atoms with Crippen LogP contribution in [-0.2, 0) is 12.8 Å². The van der Waals surface area contributed by atoms with Gasteiger partial charge in [-0.1, -0.05) is 18.9 Å². The minimum Gasteiger partial charge on any atom is -0.321 e. The highest BCUT2D eigenvalue weighted by atomic mass is 16.1. The average Bonchev–Trinajstić information content (AvgIpc) is 3.26. The van der Waals surface area contributed by atoms with Crippen LogP contribution in [0.4, 0.5) is 5.69 Å². The van der Waals surface area contributed by atoms with Crippen LogP contribution in [0.2, 0.25) is 0 Å². The van der Waals surface area contributed by atoms with Crippen LogP contribution in [0.1, 0.15) is 59.8 Å². The number of carbonyl (C=O) groups is 1. The number of hydrogen-bond acceptors (Lipinski definition) is 2. The van der Waals surface area contributed by atoms with E-state index in [0.29, 0.717) is 11.7 Å². The van der Waals surface area contributed by atoms with Gasteiger partial charge in [0.15, 0.2) is 5.69 Å². The maximum atomic E-state index is 12.4. The lowest BCUT2D eigenvalue weighted by Gasteiger charge is -2.09. The van der Waals surface area contributed by atoms with Crippen LogP contribution in [0, 0.1) is 0 Å². The quantitative estimate of drug-likeness (QED) is 0.937. The molecule has 4 heteroatoms. The Kier molecular flexibility index (Phi) is 3.45. The van der Waals surface area contributed by atoms with Crippen molar-refractivity contribution in [1.29, 1.82) is 0 Å². The second kappa shape index (κ2) is 5.59. The highest BCUT2D eigenvalue weighted by Gasteiger charge is 2.19. The number of aromatic nitrogens is 2. The normalized spacial score (nSPS) is 17.6. The molecule has 1 saturated carbocycles. The maximum Gasteiger partial charge on any atom is 0.276 e. The Balaban J connectivity index is 1.47. The summed E-state index contributed by atoms with van der Waals surface area (Å²) in [6.45, 7) is 0. The van der Waals surface area contributed by atoms with Gasteiger partial charge in [0, 0.05) is 11.9 Å². The molecule has 2 aromatic rings. The number of rotatable bonds is 3. The van der Waals surface area contributed by atoms with Crippen LogP contribution in [0.25, 0.3) is 0 Å². The summed E-state index contributed by atoms with van der Waals surface area (Å²) in [5, 5.41) is 7.44. The average molecular weight is 295 g/mol. The molecule has 0 aliphatic heterocycles. The molecule has 0 spiro atoms. The summed E-state index contributed by atoms with van der Waals surface area (Å²) in [6.07, 6.45) is 10.3. The van der Waals surface area contributed by atoms with E-state index in [1.165, 1.54) is 43.2 Å². The molecule has 1 fully saturated rings. The number of anilines is 1. The fourth-order valence-electron chi connectivity index (χ4n) is 3.68. The predicted octanol–water partition coefficient (Wildman–Crippen LogP) is 3.74. The molecule has 1 aromatic heterocycles. The van der Waals surface area contributed by atoms with Crippen LogP contribution in [0.3, 0.4) is 0 Å². The first-order chi connectivity index (χ1) is 10.8. The molecular formula is C18H21N3O. The number of aryl methyl sites for hydroxylation is 2. The van der Waals surface area contributed by atoms with Gasteiger partial charge in [-0.3, -0.25) is 9.48 Å². The Labute approximate surface area is 130 Å². The Morgan fingerprint density at radius 2 is 1.91 bits per heavy atom. The number of hydrogen-bond donors (Lipinski definition) is 1. The van der Waals surface area contributed by atoms with Gasteiger partial charge in [0.05, 0.1) is 6.04 Å². The lowest BCUT2D eigenvalue weighted by molar-refractivity contribution is 0.102. The van der Waals surface area contributed by atoms with Crippen molar-refractivity contribution >= 4 is 11.6 Å². The summed E-state index contributed by atoms with van der Waals surface area (Å²) < 4.78 is 1.96. The van der Waals surface area contributed by atoms with Gasteiger partial charge in [0.25, 0.3) is 5.91 Å². The van der Waals surface area contributed by atoms with E-state index in [9.17, 15) is 4.79 Å². The first-order valence-corrected chi connectivity index (χ1v) is 8.28. The molecule has 0 unspecified atom stereocenters. The number of nitrogens with zero attached hydrogens (tertiary/aromatic N) is 2. The molecule has 2 aliphatic carbocycles. The Bertz CT molecular complexity index is 698. The van der Waals surface area contributed by atoms with Crippen molar-refractivity contribution in [2.45, 2.75) is 51.0 Å². The zero-order valence-corrected chi connectivity index (χ0v) is 12.7. The molecule has 0 atom stereocenters. The standard InChI is InChI=1S/C18H21N3O/c22-18(17-10-11-21(20-17)16-6-1-2-7-16)19-15-9-8-13-4-3-5-14(13)12-15/h8-12,16H,1-7H2,(H,19,22). The van der Waals surface area contributed by atoms with Gasteiger partial charge in [-0.15, -0.1) is 0 Å². The van der Waals surface area contributed by atoms with Gasteiger partial charge in [0.1, 0.15) is 0 Å². The maximum absolute atomic E-state index is 12.4. The molecule has 4 rings (SSSR count). The third-order valence-corrected chi connectivity index (χ3v) is 4.90. The van der Waals surface area contributed by atoms with Crippen LogP contribution in [0.15, 0.2) is 30.5 Å². The SMILES string of the molecule is O=C(Nc1ccc2c(c1)CCC2)c1ccn(C2CCCC2)n1. The largest absolute Gasteiger partial charge is 0.321 e. The van der Waals surface area contributed by atoms with Crippen LogP contribution in [0.5, 0.6) is 0 Å². The third kappa shape index (κ3) is 2.54. The molecule has 0 saturated heterocycles. The molecule has 1 N–H and O–H groups in total. The van der Waals surface area contributed by atoms with Crippen LogP contribution >= 0.6 is 0 Å². The van der Waals surface area contributed by atoms with Crippen molar-refractivity contribution in [2.24, 2.45) is 0 Å². The summed E-state index contributed by atoms with van der Waals surface area (Å²) in [6, 6.07) is 8.53. The van der Waals surface area contributed by atoms with E-state index < -0.39 is 0 Å². The van der Waals surface area contributed by atoms with E-state index in [4.69, 9.17) is 0 Å². The van der Waals surface area contributed by atoms with E-state index in [1.54, 1.807) is 0 Å². The minimum absolute atomic E-state index is 0.116. The zero-order chi connectivity index (χ0) is 14.9. The molecule has 0 radical (unpaired) electrons. The highest BCUT2D eigenvalue weighted by molar-refractivity contribution is 6.02. The minimum atomic E-state index is -0.116. The molecule has 114 valence electrons. The molecule has 0 bridgehead atoms. The fraction of sp³-hybridized carbons (Fsp3) is 0.444. The number of carbonyl (C=O) groups excluding carboxylic acids is 1. The van der Waals surface area contributed by atoms with E-state index in [1.807, 2.05) is 23.0 Å². The van der Waals surface area contributed by atoms with E-state index >= 15 is 0 Å². The number of benzene rings is 1. The molecule has 2 aliphatic rings. The Hall–Kier alpha value is -2.10. The Morgan fingerprint density at radius 1 is 1.09 bits per heavy atom. The lowest BCUT2D eigenvalue weighted by Crippen LogP contribution is -2.14. The summed E-state index contributed by atoms with van der Waals surface area (Å²) in [5.74, 6) is -0.116. The first kappa shape index (κ1) is 13.6. The van der Waals surface area contributed by atoms with Gasteiger partial charge >= 0.3 is 0 Å². The van der Waals surface area contributed by atoms with E-state index in [-0.39, 0.29) is 5.91 Å². The third-order valence-electron chi connectivity index (χ3n) is 4.90. The molecule has 1 aromatic carbocycles. The predicted molar refractivity (Wildman–Crippen MR) is 86.2 cm³/mol. The van der Waals surface area contributed by atoms with Gasteiger partial charge in [-0.05, 0) is 61.4 Å². The number of nitrogens with one attached hydrogen (secondary N) is 1. The molecule has 1 heterocycles. The monoisotopic (exact) mass is 295 g/mol. The Morgan fingerprint density at radius 3 is 2.77 bits per heavy atom. The molecule has 22 heavy (non-hydrogen) atoms. The van der Waals surface area contributed by atoms with Crippen molar-refractivity contribution in [1.82, 2.24) is 9.78 Å². The molecule has 4 nitrogen and oxygen atoms in total. The second-order valence-electron chi connectivity index (χ2n) is 6.41. The first-order valence-electron chi connectivity index (χ1n) is 8.28. The van der Waals surface area contributed by atoms with Crippen molar-refractivity contribution in [3.63, 3.8) is 0 Å².